The van der Waals surface area contributed by atoms with Crippen LogP contribution in [0.5, 0.6) is 5.75 Å². The Bertz CT molecular complexity index is 923. The van der Waals surface area contributed by atoms with E-state index < -0.39 is 18.3 Å². The van der Waals surface area contributed by atoms with Crippen LogP contribution in [0.2, 0.25) is 0 Å². The van der Waals surface area contributed by atoms with Crippen molar-refractivity contribution < 1.29 is 19.4 Å². The Morgan fingerprint density at radius 1 is 0.963 bits per heavy atom. The standard InChI is InChI=1S/C22H21NO4/c24-19-13-23(22(25)26-15-16-7-2-1-3-8-16)14-21(19)27-20-12-6-10-17-9-4-5-11-18(17)20/h1-12,19,21,24H,13-15H2/t19-,21-/m1/s1. The maximum atomic E-state index is 12.3. The van der Waals surface area contributed by atoms with E-state index in [1.54, 1.807) is 0 Å². The number of likely N-dealkylation sites (tertiary alicyclic amines) is 1. The zero-order valence-corrected chi connectivity index (χ0v) is 14.8. The van der Waals surface area contributed by atoms with Crippen LogP contribution in [0.3, 0.4) is 0 Å². The predicted octanol–water partition coefficient (Wildman–Crippen LogP) is 3.60. The average Bonchev–Trinajstić information content (AvgIpc) is 3.08. The van der Waals surface area contributed by atoms with Crippen LogP contribution >= 0.6 is 0 Å². The van der Waals surface area contributed by atoms with Gasteiger partial charge in [0.15, 0.2) is 0 Å². The van der Waals surface area contributed by atoms with Crippen molar-refractivity contribution in [1.82, 2.24) is 4.90 Å². The molecule has 1 amide bonds. The van der Waals surface area contributed by atoms with Gasteiger partial charge in [0.25, 0.3) is 0 Å². The van der Waals surface area contributed by atoms with Gasteiger partial charge < -0.3 is 19.5 Å². The molecule has 1 N–H and O–H groups in total. The zero-order valence-electron chi connectivity index (χ0n) is 14.8. The number of aliphatic hydroxyl groups is 1. The highest BCUT2D eigenvalue weighted by Gasteiger charge is 2.36. The smallest absolute Gasteiger partial charge is 0.410 e. The third-order valence-corrected chi connectivity index (χ3v) is 4.73. The number of β-amino-alcohol motifs (C(OH)–C–C–N with tert-alkyl or cyclic N) is 1. The first-order chi connectivity index (χ1) is 13.2. The third kappa shape index (κ3) is 3.88. The van der Waals surface area contributed by atoms with E-state index in [-0.39, 0.29) is 19.7 Å². The van der Waals surface area contributed by atoms with Crippen molar-refractivity contribution in [1.29, 1.82) is 0 Å². The summed E-state index contributed by atoms with van der Waals surface area (Å²) in [5.74, 6) is 0.705. The second-order valence-corrected chi connectivity index (χ2v) is 6.65. The van der Waals surface area contributed by atoms with E-state index in [2.05, 4.69) is 0 Å². The first-order valence-corrected chi connectivity index (χ1v) is 8.99. The lowest BCUT2D eigenvalue weighted by atomic mass is 10.1. The second-order valence-electron chi connectivity index (χ2n) is 6.65. The maximum absolute atomic E-state index is 12.3. The lowest BCUT2D eigenvalue weighted by Gasteiger charge is -2.18. The molecule has 1 fully saturated rings. The topological polar surface area (TPSA) is 59.0 Å². The van der Waals surface area contributed by atoms with Gasteiger partial charge in [0.1, 0.15) is 24.6 Å². The molecule has 0 spiro atoms. The molecule has 0 radical (unpaired) electrons. The van der Waals surface area contributed by atoms with Crippen molar-refractivity contribution >= 4 is 16.9 Å². The Balaban J connectivity index is 1.40. The molecule has 1 saturated heterocycles. The lowest BCUT2D eigenvalue weighted by Crippen LogP contribution is -2.31. The van der Waals surface area contributed by atoms with E-state index in [0.717, 1.165) is 16.3 Å². The molecule has 3 aromatic rings. The Labute approximate surface area is 157 Å². The van der Waals surface area contributed by atoms with Gasteiger partial charge >= 0.3 is 6.09 Å². The highest BCUT2D eigenvalue weighted by Crippen LogP contribution is 2.28. The molecule has 0 unspecified atom stereocenters. The van der Waals surface area contributed by atoms with Crippen LogP contribution in [0, 0.1) is 0 Å². The number of hydrogen-bond acceptors (Lipinski definition) is 4. The van der Waals surface area contributed by atoms with Crippen LogP contribution in [0.4, 0.5) is 4.79 Å². The monoisotopic (exact) mass is 363 g/mol. The van der Waals surface area contributed by atoms with Gasteiger partial charge in [-0.15, -0.1) is 0 Å². The predicted molar refractivity (Wildman–Crippen MR) is 103 cm³/mol. The third-order valence-electron chi connectivity index (χ3n) is 4.73. The Morgan fingerprint density at radius 3 is 2.56 bits per heavy atom. The van der Waals surface area contributed by atoms with Crippen molar-refractivity contribution in [3.8, 4) is 5.75 Å². The van der Waals surface area contributed by atoms with E-state index in [0.29, 0.717) is 5.75 Å². The van der Waals surface area contributed by atoms with Gasteiger partial charge in [-0.05, 0) is 17.0 Å². The molecule has 2 atom stereocenters. The number of amides is 1. The summed E-state index contributed by atoms with van der Waals surface area (Å²) in [6.45, 7) is 0.697. The van der Waals surface area contributed by atoms with Crippen molar-refractivity contribution in [3.05, 3.63) is 78.4 Å². The fourth-order valence-corrected chi connectivity index (χ4v) is 3.29. The van der Waals surface area contributed by atoms with Crippen molar-refractivity contribution in [3.63, 3.8) is 0 Å². The van der Waals surface area contributed by atoms with Crippen molar-refractivity contribution in [2.75, 3.05) is 13.1 Å². The molecular formula is C22H21NO4. The van der Waals surface area contributed by atoms with Gasteiger partial charge in [-0.1, -0.05) is 66.7 Å². The van der Waals surface area contributed by atoms with Crippen molar-refractivity contribution in [2.24, 2.45) is 0 Å². The SMILES string of the molecule is O=C(OCc1ccccc1)N1C[C@@H](O)[C@H](Oc2cccc3ccccc23)C1. The van der Waals surface area contributed by atoms with E-state index in [1.807, 2.05) is 72.8 Å². The number of benzene rings is 3. The summed E-state index contributed by atoms with van der Waals surface area (Å²) < 4.78 is 11.4. The summed E-state index contributed by atoms with van der Waals surface area (Å²) in [6, 6.07) is 23.3. The highest BCUT2D eigenvalue weighted by molar-refractivity contribution is 5.88. The Morgan fingerprint density at radius 2 is 1.70 bits per heavy atom. The molecule has 5 heteroatoms. The normalized spacial score (nSPS) is 19.2. The summed E-state index contributed by atoms with van der Waals surface area (Å²) >= 11 is 0. The summed E-state index contributed by atoms with van der Waals surface area (Å²) in [5.41, 5.74) is 0.925. The van der Waals surface area contributed by atoms with Crippen molar-refractivity contribution in [2.45, 2.75) is 18.8 Å². The number of hydrogen-bond donors (Lipinski definition) is 1. The largest absolute Gasteiger partial charge is 0.485 e. The molecule has 1 heterocycles. The van der Waals surface area contributed by atoms with Gasteiger partial charge in [-0.2, -0.15) is 0 Å². The van der Waals surface area contributed by atoms with Crippen LogP contribution in [0.1, 0.15) is 5.56 Å². The molecule has 0 saturated carbocycles. The van der Waals surface area contributed by atoms with Gasteiger partial charge in [-0.25, -0.2) is 4.79 Å². The first kappa shape index (κ1) is 17.4. The molecule has 3 aromatic carbocycles. The zero-order chi connectivity index (χ0) is 18.6. The van der Waals surface area contributed by atoms with E-state index in [1.165, 1.54) is 4.90 Å². The van der Waals surface area contributed by atoms with Gasteiger partial charge in [0.05, 0.1) is 13.1 Å². The molecular weight excluding hydrogens is 342 g/mol. The average molecular weight is 363 g/mol. The molecule has 27 heavy (non-hydrogen) atoms. The van der Waals surface area contributed by atoms with Crippen LogP contribution < -0.4 is 4.74 Å². The van der Waals surface area contributed by atoms with E-state index in [4.69, 9.17) is 9.47 Å². The molecule has 4 rings (SSSR count). The fraction of sp³-hybridized carbons (Fsp3) is 0.227. The minimum absolute atomic E-state index is 0.197. The van der Waals surface area contributed by atoms with Crippen LogP contribution in [0.15, 0.2) is 72.8 Å². The quantitative estimate of drug-likeness (QED) is 0.769. The van der Waals surface area contributed by atoms with E-state index >= 15 is 0 Å². The number of nitrogens with zero attached hydrogens (tertiary/aromatic N) is 1. The minimum Gasteiger partial charge on any atom is -0.485 e. The minimum atomic E-state index is -0.756. The summed E-state index contributed by atoms with van der Waals surface area (Å²) in [5, 5.41) is 12.4. The fourth-order valence-electron chi connectivity index (χ4n) is 3.29. The first-order valence-electron chi connectivity index (χ1n) is 8.99. The molecule has 138 valence electrons. The number of fused-ring (bicyclic) bond motifs is 1. The van der Waals surface area contributed by atoms with Gasteiger partial charge in [0, 0.05) is 5.39 Å². The molecule has 0 aliphatic carbocycles. The number of aliphatic hydroxyl groups excluding tert-OH is 1. The van der Waals surface area contributed by atoms with Crippen LogP contribution in [-0.2, 0) is 11.3 Å². The number of rotatable bonds is 4. The molecule has 1 aliphatic rings. The lowest BCUT2D eigenvalue weighted by molar-refractivity contribution is 0.0745. The maximum Gasteiger partial charge on any atom is 0.410 e. The van der Waals surface area contributed by atoms with Gasteiger partial charge in [-0.3, -0.25) is 0 Å². The number of ether oxygens (including phenoxy) is 2. The highest BCUT2D eigenvalue weighted by atomic mass is 16.6. The summed E-state index contributed by atoms with van der Waals surface area (Å²) in [7, 11) is 0. The number of carbonyl (C=O) groups is 1. The van der Waals surface area contributed by atoms with Crippen LogP contribution in [0.25, 0.3) is 10.8 Å². The second kappa shape index (κ2) is 7.68. The molecule has 0 aromatic heterocycles. The van der Waals surface area contributed by atoms with Crippen LogP contribution in [-0.4, -0.2) is 41.4 Å². The molecule has 5 nitrogen and oxygen atoms in total. The Kier molecular flexibility index (Phi) is 4.94. The van der Waals surface area contributed by atoms with E-state index in [9.17, 15) is 9.90 Å². The molecule has 0 bridgehead atoms. The number of carbonyl (C=O) groups excluding carboxylic acids is 1. The summed E-state index contributed by atoms with van der Waals surface area (Å²) in [6.07, 6.45) is -1.68. The van der Waals surface area contributed by atoms with Gasteiger partial charge in [0.2, 0.25) is 0 Å². The molecule has 1 aliphatic heterocycles. The Hall–Kier alpha value is -3.05. The summed E-state index contributed by atoms with van der Waals surface area (Å²) in [4.78, 5) is 13.8.